The molecule has 0 spiro atoms. The molecule has 7 nitrogen and oxygen atoms in total. The zero-order valence-corrected chi connectivity index (χ0v) is 13.9. The fourth-order valence-electron chi connectivity index (χ4n) is 1.41. The number of nitrogens with zero attached hydrogens (tertiary/aromatic N) is 1. The summed E-state index contributed by atoms with van der Waals surface area (Å²) in [6.07, 6.45) is 0.798. The maximum absolute atomic E-state index is 10.6. The quantitative estimate of drug-likeness (QED) is 0.416. The van der Waals surface area contributed by atoms with E-state index in [1.54, 1.807) is 0 Å². The molecular formula is C10H27N3O4Pt+4. The Morgan fingerprint density at radius 2 is 1.44 bits per heavy atom. The molecule has 0 aromatic heterocycles. The maximum atomic E-state index is 10.6. The first-order chi connectivity index (χ1) is 7.02. The minimum atomic E-state index is -1.26. The summed E-state index contributed by atoms with van der Waals surface area (Å²) in [6, 6.07) is 0. The Labute approximate surface area is 122 Å². The van der Waals surface area contributed by atoms with Crippen LogP contribution in [0.25, 0.3) is 0 Å². The summed E-state index contributed by atoms with van der Waals surface area (Å²) in [5.74, 6) is -3.76. The molecule has 0 heterocycles. The molecular weight excluding hydrogens is 421 g/mol. The minimum Gasteiger partial charge on any atom is -0.481 e. The molecule has 0 saturated carbocycles. The van der Waals surface area contributed by atoms with Crippen LogP contribution in [0, 0.1) is 5.92 Å². The molecule has 0 aromatic carbocycles. The number of hydrogen-bond acceptors (Lipinski definition) is 3. The molecule has 0 aliphatic rings. The van der Waals surface area contributed by atoms with Crippen LogP contribution in [0.5, 0.6) is 0 Å². The van der Waals surface area contributed by atoms with E-state index >= 15 is 0 Å². The van der Waals surface area contributed by atoms with Crippen LogP contribution in [-0.4, -0.2) is 46.7 Å². The Bertz CT molecular complexity index is 211. The summed E-state index contributed by atoms with van der Waals surface area (Å²) >= 11 is 0. The topological polar surface area (TPSA) is 151 Å². The molecule has 0 bridgehead atoms. The van der Waals surface area contributed by atoms with Crippen molar-refractivity contribution >= 4 is 11.9 Å². The van der Waals surface area contributed by atoms with Crippen molar-refractivity contribution in [3.63, 3.8) is 0 Å². The van der Waals surface area contributed by atoms with Crippen molar-refractivity contribution in [2.45, 2.75) is 26.7 Å². The third kappa shape index (κ3) is 10.6. The van der Waals surface area contributed by atoms with Crippen LogP contribution in [0.3, 0.4) is 0 Å². The number of carbonyl (C=O) groups is 2. The summed E-state index contributed by atoms with van der Waals surface area (Å²) in [5.41, 5.74) is 0. The van der Waals surface area contributed by atoms with Gasteiger partial charge < -0.3 is 27.4 Å². The van der Waals surface area contributed by atoms with Gasteiger partial charge in [0.05, 0.1) is 0 Å². The van der Waals surface area contributed by atoms with Crippen LogP contribution in [0.2, 0.25) is 0 Å². The summed E-state index contributed by atoms with van der Waals surface area (Å²) in [4.78, 5) is 23.3. The second-order valence-electron chi connectivity index (χ2n) is 3.40. The van der Waals surface area contributed by atoms with Crippen LogP contribution in [-0.2, 0) is 30.7 Å². The number of hydrogen-bond donors (Lipinski definition) is 4. The van der Waals surface area contributed by atoms with Gasteiger partial charge in [0.1, 0.15) is 0 Å². The van der Waals surface area contributed by atoms with Crippen molar-refractivity contribution in [2.24, 2.45) is 5.92 Å². The van der Waals surface area contributed by atoms with Gasteiger partial charge >= 0.3 is 33.0 Å². The van der Waals surface area contributed by atoms with E-state index in [9.17, 15) is 9.59 Å². The van der Waals surface area contributed by atoms with Gasteiger partial charge in [-0.3, -0.25) is 9.59 Å². The Balaban J connectivity index is -0.000000327. The second kappa shape index (κ2) is 14.6. The van der Waals surface area contributed by atoms with Crippen molar-refractivity contribution in [1.29, 1.82) is 0 Å². The van der Waals surface area contributed by atoms with Gasteiger partial charge in [-0.25, -0.2) is 0 Å². The van der Waals surface area contributed by atoms with E-state index in [0.29, 0.717) is 6.42 Å². The van der Waals surface area contributed by atoms with E-state index in [0.717, 1.165) is 19.6 Å². The monoisotopic (exact) mass is 448 g/mol. The SMILES string of the molecule is CCN(CC)CCCC(C(=O)O)C(=O)O.[NH4+].[NH4+].[Pt+2]. The predicted molar refractivity (Wildman–Crippen MR) is 67.8 cm³/mol. The van der Waals surface area contributed by atoms with Gasteiger partial charge in [0, 0.05) is 0 Å². The summed E-state index contributed by atoms with van der Waals surface area (Å²) in [7, 11) is 0. The molecule has 0 saturated heterocycles. The van der Waals surface area contributed by atoms with Gasteiger partial charge in [0.2, 0.25) is 0 Å². The molecule has 0 aromatic rings. The Morgan fingerprint density at radius 1 is 1.06 bits per heavy atom. The van der Waals surface area contributed by atoms with E-state index in [4.69, 9.17) is 10.2 Å². The first-order valence-electron chi connectivity index (χ1n) is 5.20. The number of aliphatic carboxylic acids is 2. The van der Waals surface area contributed by atoms with Crippen LogP contribution in [0.4, 0.5) is 0 Å². The molecule has 0 fully saturated rings. The van der Waals surface area contributed by atoms with Gasteiger partial charge in [0.25, 0.3) is 0 Å². The van der Waals surface area contributed by atoms with E-state index < -0.39 is 17.9 Å². The average molecular weight is 448 g/mol. The summed E-state index contributed by atoms with van der Waals surface area (Å²) in [6.45, 7) is 6.61. The molecule has 0 unspecified atom stereocenters. The third-order valence-corrected chi connectivity index (χ3v) is 2.46. The molecule has 0 aliphatic carbocycles. The Kier molecular flexibility index (Phi) is 21.2. The fraction of sp³-hybridized carbons (Fsp3) is 0.800. The van der Waals surface area contributed by atoms with Crippen molar-refractivity contribution in [3.8, 4) is 0 Å². The van der Waals surface area contributed by atoms with Gasteiger partial charge in [0.15, 0.2) is 5.92 Å². The van der Waals surface area contributed by atoms with Crippen LogP contribution in [0.1, 0.15) is 26.7 Å². The second-order valence-corrected chi connectivity index (χ2v) is 3.40. The molecule has 0 radical (unpaired) electrons. The first-order valence-corrected chi connectivity index (χ1v) is 5.20. The van der Waals surface area contributed by atoms with E-state index in [1.807, 2.05) is 13.8 Å². The molecule has 8 heteroatoms. The van der Waals surface area contributed by atoms with Crippen LogP contribution < -0.4 is 12.3 Å². The third-order valence-electron chi connectivity index (χ3n) is 2.46. The summed E-state index contributed by atoms with van der Waals surface area (Å²) < 4.78 is 0. The van der Waals surface area contributed by atoms with Gasteiger partial charge in [-0.1, -0.05) is 13.8 Å². The van der Waals surface area contributed by atoms with E-state index in [-0.39, 0.29) is 39.8 Å². The molecule has 0 rings (SSSR count). The van der Waals surface area contributed by atoms with E-state index in [2.05, 4.69) is 4.90 Å². The molecule has 0 atom stereocenters. The molecule has 0 amide bonds. The number of carboxylic acid groups (broad SMARTS) is 2. The van der Waals surface area contributed by atoms with Crippen molar-refractivity contribution < 1.29 is 40.9 Å². The standard InChI is InChI=1S/C10H19NO4.2H3N.Pt/c1-3-11(4-2)7-5-6-8(9(12)13)10(14)15;;;/h8H,3-7H2,1-2H3,(H,12,13)(H,14,15);2*1H3;/q;;;+2/p+2. The van der Waals surface area contributed by atoms with Crippen LogP contribution >= 0.6 is 0 Å². The maximum Gasteiger partial charge on any atom is 2.00 e. The van der Waals surface area contributed by atoms with Crippen molar-refractivity contribution in [3.05, 3.63) is 0 Å². The number of carboxylic acids is 2. The van der Waals surface area contributed by atoms with Crippen LogP contribution in [0.15, 0.2) is 0 Å². The summed E-state index contributed by atoms with van der Waals surface area (Å²) in [5, 5.41) is 17.3. The zero-order valence-electron chi connectivity index (χ0n) is 11.6. The molecule has 18 heavy (non-hydrogen) atoms. The zero-order chi connectivity index (χ0) is 11.8. The molecule has 0 aliphatic heterocycles. The van der Waals surface area contributed by atoms with Gasteiger partial charge in [-0.15, -0.1) is 0 Å². The number of rotatable bonds is 8. The molecule has 10 N–H and O–H groups in total. The fourth-order valence-corrected chi connectivity index (χ4v) is 1.41. The Hall–Kier alpha value is -0.492. The van der Waals surface area contributed by atoms with Gasteiger partial charge in [-0.2, -0.15) is 0 Å². The Morgan fingerprint density at radius 3 is 1.72 bits per heavy atom. The van der Waals surface area contributed by atoms with Gasteiger partial charge in [-0.05, 0) is 32.5 Å². The number of quaternary nitrogens is 2. The molecule has 112 valence electrons. The smallest absolute Gasteiger partial charge is 0.481 e. The first kappa shape index (κ1) is 26.1. The minimum absolute atomic E-state index is 0. The largest absolute Gasteiger partial charge is 2.00 e. The van der Waals surface area contributed by atoms with Crippen molar-refractivity contribution in [2.75, 3.05) is 19.6 Å². The normalized spacial score (nSPS) is 9.11. The van der Waals surface area contributed by atoms with E-state index in [1.165, 1.54) is 0 Å². The van der Waals surface area contributed by atoms with Crippen molar-refractivity contribution in [1.82, 2.24) is 17.2 Å². The predicted octanol–water partition coefficient (Wildman–Crippen LogP) is 1.64. The average Bonchev–Trinajstić information content (AvgIpc) is 2.17.